The molecule has 0 N–H and O–H groups in total. The first kappa shape index (κ1) is 19.1. The van der Waals surface area contributed by atoms with Crippen molar-refractivity contribution in [3.63, 3.8) is 0 Å². The van der Waals surface area contributed by atoms with Crippen molar-refractivity contribution in [1.29, 1.82) is 0 Å². The molecule has 0 saturated carbocycles. The number of allylic oxidation sites excluding steroid dienone is 1. The summed E-state index contributed by atoms with van der Waals surface area (Å²) < 4.78 is 16.6. The van der Waals surface area contributed by atoms with Crippen LogP contribution in [0, 0.1) is 0 Å². The minimum absolute atomic E-state index is 0.0808. The minimum atomic E-state index is -0.0808. The zero-order valence-corrected chi connectivity index (χ0v) is 16.4. The Kier molecular flexibility index (Phi) is 6.12. The van der Waals surface area contributed by atoms with Crippen LogP contribution in [0.1, 0.15) is 22.5 Å². The number of thioether (sulfide) groups is 1. The van der Waals surface area contributed by atoms with Crippen molar-refractivity contribution in [3.8, 4) is 5.75 Å². The van der Waals surface area contributed by atoms with Crippen molar-refractivity contribution < 1.29 is 18.4 Å². The third-order valence-electron chi connectivity index (χ3n) is 4.14. The number of oxazole rings is 1. The van der Waals surface area contributed by atoms with Crippen LogP contribution in [-0.2, 0) is 0 Å². The Morgan fingerprint density at radius 2 is 1.93 bits per heavy atom. The Morgan fingerprint density at radius 3 is 2.72 bits per heavy atom. The molecule has 4 rings (SSSR count). The summed E-state index contributed by atoms with van der Waals surface area (Å²) >= 11 is 1.57. The molecule has 5 nitrogen and oxygen atoms in total. The van der Waals surface area contributed by atoms with Gasteiger partial charge in [0.25, 0.3) is 5.22 Å². The molecule has 2 heterocycles. The van der Waals surface area contributed by atoms with Gasteiger partial charge in [0, 0.05) is 11.3 Å². The maximum Gasteiger partial charge on any atom is 0.256 e. The fraction of sp³-hybridized carbons (Fsp3) is 0.130. The van der Waals surface area contributed by atoms with Gasteiger partial charge in [-0.1, -0.05) is 23.9 Å². The Labute approximate surface area is 172 Å². The molecule has 2 aromatic carbocycles. The molecule has 146 valence electrons. The fourth-order valence-electron chi connectivity index (χ4n) is 2.68. The van der Waals surface area contributed by atoms with E-state index in [0.29, 0.717) is 23.2 Å². The smallest absolute Gasteiger partial charge is 0.256 e. The highest BCUT2D eigenvalue weighted by molar-refractivity contribution is 7.99. The average Bonchev–Trinajstić information content (AvgIpc) is 3.41. The highest BCUT2D eigenvalue weighted by Crippen LogP contribution is 2.23. The molecular weight excluding hydrogens is 386 g/mol. The number of para-hydroxylation sites is 2. The monoisotopic (exact) mass is 405 g/mol. The molecule has 29 heavy (non-hydrogen) atoms. The van der Waals surface area contributed by atoms with Crippen molar-refractivity contribution in [2.45, 2.75) is 11.6 Å². The predicted molar refractivity (Wildman–Crippen MR) is 113 cm³/mol. The number of benzene rings is 2. The molecular formula is C23H19NO4S. The molecule has 0 spiro atoms. The van der Waals surface area contributed by atoms with Gasteiger partial charge in [-0.05, 0) is 67.1 Å². The van der Waals surface area contributed by atoms with E-state index in [9.17, 15) is 4.79 Å². The number of furan rings is 1. The van der Waals surface area contributed by atoms with Gasteiger partial charge in [-0.3, -0.25) is 4.79 Å². The molecule has 0 bridgehead atoms. The molecule has 0 unspecified atom stereocenters. The van der Waals surface area contributed by atoms with Crippen molar-refractivity contribution in [3.05, 3.63) is 84.3 Å². The van der Waals surface area contributed by atoms with E-state index < -0.39 is 0 Å². The molecule has 0 radical (unpaired) electrons. The number of hydrogen-bond acceptors (Lipinski definition) is 6. The molecule has 0 saturated heterocycles. The van der Waals surface area contributed by atoms with Gasteiger partial charge in [-0.25, -0.2) is 4.98 Å². The van der Waals surface area contributed by atoms with Gasteiger partial charge >= 0.3 is 0 Å². The van der Waals surface area contributed by atoms with Gasteiger partial charge in [0.15, 0.2) is 11.4 Å². The van der Waals surface area contributed by atoms with Gasteiger partial charge in [0.1, 0.15) is 17.0 Å². The molecule has 0 aliphatic carbocycles. The first-order valence-corrected chi connectivity index (χ1v) is 10.2. The normalized spacial score (nSPS) is 11.3. The average molecular weight is 405 g/mol. The van der Waals surface area contributed by atoms with Gasteiger partial charge in [0.2, 0.25) is 0 Å². The first-order chi connectivity index (χ1) is 14.3. The first-order valence-electron chi connectivity index (χ1n) is 9.25. The zero-order valence-electron chi connectivity index (χ0n) is 15.6. The standard InChI is InChI=1S/C23H19NO4S/c25-21(13-12-18-5-3-14-26-18)17-8-10-19(11-9-17)27-15-4-16-29-23-24-20-6-1-2-7-22(20)28-23/h1-3,5-14H,4,15-16H2/b13-12+. The minimum Gasteiger partial charge on any atom is -0.494 e. The van der Waals surface area contributed by atoms with Crippen LogP contribution in [0.4, 0.5) is 0 Å². The van der Waals surface area contributed by atoms with Crippen molar-refractivity contribution in [2.75, 3.05) is 12.4 Å². The van der Waals surface area contributed by atoms with Gasteiger partial charge in [-0.15, -0.1) is 0 Å². The fourth-order valence-corrected chi connectivity index (χ4v) is 3.43. The Balaban J connectivity index is 1.20. The van der Waals surface area contributed by atoms with Crippen LogP contribution >= 0.6 is 11.8 Å². The van der Waals surface area contributed by atoms with E-state index in [1.54, 1.807) is 48.4 Å². The molecule has 0 atom stereocenters. The van der Waals surface area contributed by atoms with E-state index in [1.165, 1.54) is 6.08 Å². The van der Waals surface area contributed by atoms with Gasteiger partial charge in [0.05, 0.1) is 12.9 Å². The summed E-state index contributed by atoms with van der Waals surface area (Å²) in [5.74, 6) is 2.15. The van der Waals surface area contributed by atoms with Crippen LogP contribution in [0.25, 0.3) is 17.2 Å². The lowest BCUT2D eigenvalue weighted by atomic mass is 10.1. The number of hydrogen-bond donors (Lipinski definition) is 0. The number of carbonyl (C=O) groups is 1. The van der Waals surface area contributed by atoms with Crippen LogP contribution < -0.4 is 4.74 Å². The Bertz CT molecular complexity index is 1060. The van der Waals surface area contributed by atoms with E-state index in [-0.39, 0.29) is 5.78 Å². The topological polar surface area (TPSA) is 65.5 Å². The second-order valence-corrected chi connectivity index (χ2v) is 7.28. The summed E-state index contributed by atoms with van der Waals surface area (Å²) in [5, 5.41) is 0.677. The molecule has 0 fully saturated rings. The maximum absolute atomic E-state index is 12.2. The van der Waals surface area contributed by atoms with Crippen molar-refractivity contribution >= 4 is 34.7 Å². The van der Waals surface area contributed by atoms with E-state index in [2.05, 4.69) is 4.98 Å². The third kappa shape index (κ3) is 5.18. The molecule has 4 aromatic rings. The summed E-state index contributed by atoms with van der Waals surface area (Å²) in [6.45, 7) is 0.582. The number of nitrogens with zero attached hydrogens (tertiary/aromatic N) is 1. The van der Waals surface area contributed by atoms with Gasteiger partial charge < -0.3 is 13.6 Å². The Morgan fingerprint density at radius 1 is 1.07 bits per heavy atom. The molecule has 0 amide bonds. The van der Waals surface area contributed by atoms with Crippen LogP contribution in [-0.4, -0.2) is 23.1 Å². The summed E-state index contributed by atoms with van der Waals surface area (Å²) in [7, 11) is 0. The number of ketones is 1. The number of fused-ring (bicyclic) bond motifs is 1. The second-order valence-electron chi connectivity index (χ2n) is 6.24. The Hall–Kier alpha value is -3.25. The summed E-state index contributed by atoms with van der Waals surface area (Å²) in [4.78, 5) is 16.6. The van der Waals surface area contributed by atoms with Crippen LogP contribution in [0.15, 0.2) is 87.1 Å². The molecule has 0 aliphatic rings. The number of aromatic nitrogens is 1. The molecule has 6 heteroatoms. The van der Waals surface area contributed by atoms with E-state index in [1.807, 2.05) is 36.4 Å². The lowest BCUT2D eigenvalue weighted by Gasteiger charge is -2.06. The van der Waals surface area contributed by atoms with Gasteiger partial charge in [-0.2, -0.15) is 0 Å². The van der Waals surface area contributed by atoms with E-state index >= 15 is 0 Å². The highest BCUT2D eigenvalue weighted by Gasteiger charge is 2.06. The highest BCUT2D eigenvalue weighted by atomic mass is 32.2. The maximum atomic E-state index is 12.2. The second kappa shape index (κ2) is 9.30. The zero-order chi connectivity index (χ0) is 19.9. The summed E-state index contributed by atoms with van der Waals surface area (Å²) in [6, 6.07) is 18.4. The summed E-state index contributed by atoms with van der Waals surface area (Å²) in [6.07, 6.45) is 5.58. The van der Waals surface area contributed by atoms with E-state index in [0.717, 1.165) is 29.0 Å². The quantitative estimate of drug-likeness (QED) is 0.150. The number of carbonyl (C=O) groups excluding carboxylic acids is 1. The largest absolute Gasteiger partial charge is 0.494 e. The van der Waals surface area contributed by atoms with Crippen molar-refractivity contribution in [2.24, 2.45) is 0 Å². The predicted octanol–water partition coefficient (Wildman–Crippen LogP) is 5.88. The van der Waals surface area contributed by atoms with Crippen LogP contribution in [0.2, 0.25) is 0 Å². The van der Waals surface area contributed by atoms with Crippen molar-refractivity contribution in [1.82, 2.24) is 4.98 Å². The molecule has 0 aliphatic heterocycles. The summed E-state index contributed by atoms with van der Waals surface area (Å²) in [5.41, 5.74) is 2.28. The number of rotatable bonds is 9. The lowest BCUT2D eigenvalue weighted by molar-refractivity contribution is 0.104. The van der Waals surface area contributed by atoms with Crippen LogP contribution in [0.3, 0.4) is 0 Å². The molecule has 2 aromatic heterocycles. The van der Waals surface area contributed by atoms with E-state index in [4.69, 9.17) is 13.6 Å². The number of ether oxygens (including phenoxy) is 1. The lowest BCUT2D eigenvalue weighted by Crippen LogP contribution is -1.99. The third-order valence-corrected chi connectivity index (χ3v) is 5.05. The van der Waals surface area contributed by atoms with Crippen LogP contribution in [0.5, 0.6) is 5.75 Å². The SMILES string of the molecule is O=C(/C=C/c1ccco1)c1ccc(OCCCSc2nc3ccccc3o2)cc1.